The summed E-state index contributed by atoms with van der Waals surface area (Å²) in [6.45, 7) is 8.40. The molecule has 0 bridgehead atoms. The van der Waals surface area contributed by atoms with Gasteiger partial charge in [0.05, 0.1) is 27.7 Å². The summed E-state index contributed by atoms with van der Waals surface area (Å²) >= 11 is 0. The summed E-state index contributed by atoms with van der Waals surface area (Å²) in [7, 11) is -0.405. The van der Waals surface area contributed by atoms with Gasteiger partial charge in [-0.3, -0.25) is 0 Å². The third-order valence-electron chi connectivity index (χ3n) is 12.1. The molecule has 256 valence electrons. The van der Waals surface area contributed by atoms with Gasteiger partial charge in [0, 0.05) is 16.5 Å². The zero-order valence-electron chi connectivity index (χ0n) is 30.5. The van der Waals surface area contributed by atoms with Crippen LogP contribution < -0.4 is 5.46 Å². The first-order valence-electron chi connectivity index (χ1n) is 18.6. The van der Waals surface area contributed by atoms with E-state index in [1.807, 2.05) is 0 Å². The van der Waals surface area contributed by atoms with Crippen LogP contribution in [-0.4, -0.2) is 22.9 Å². The van der Waals surface area contributed by atoms with Crippen molar-refractivity contribution in [3.05, 3.63) is 192 Å². The summed E-state index contributed by atoms with van der Waals surface area (Å²) in [6.07, 6.45) is 0. The largest absolute Gasteiger partial charge is 0.494 e. The zero-order valence-corrected chi connectivity index (χ0v) is 30.5. The highest BCUT2D eigenvalue weighted by Crippen LogP contribution is 2.56. The van der Waals surface area contributed by atoms with Crippen molar-refractivity contribution >= 4 is 34.4 Å². The maximum Gasteiger partial charge on any atom is 0.494 e. The Bertz CT molecular complexity index is 2640. The maximum absolute atomic E-state index is 6.41. The minimum absolute atomic E-state index is 0.390. The Labute approximate surface area is 311 Å². The number of rotatable bonds is 5. The summed E-state index contributed by atoms with van der Waals surface area (Å²) in [5.41, 5.74) is 13.4. The van der Waals surface area contributed by atoms with Gasteiger partial charge in [-0.25, -0.2) is 0 Å². The molecule has 0 saturated carbocycles. The van der Waals surface area contributed by atoms with Crippen molar-refractivity contribution in [3.8, 4) is 27.9 Å². The lowest BCUT2D eigenvalue weighted by Gasteiger charge is -2.33. The van der Waals surface area contributed by atoms with Crippen LogP contribution in [-0.2, 0) is 14.7 Å². The molecular weight excluding hydrogens is 645 g/mol. The number of fused-ring (bicyclic) bond motifs is 6. The van der Waals surface area contributed by atoms with Gasteiger partial charge in [-0.1, -0.05) is 140 Å². The van der Waals surface area contributed by atoms with Crippen molar-refractivity contribution in [1.29, 1.82) is 0 Å². The molecule has 7 aromatic carbocycles. The van der Waals surface area contributed by atoms with Crippen molar-refractivity contribution in [2.75, 3.05) is 0 Å². The molecule has 53 heavy (non-hydrogen) atoms. The second kappa shape index (κ2) is 11.7. The van der Waals surface area contributed by atoms with Gasteiger partial charge in [-0.05, 0) is 108 Å². The first-order valence-corrected chi connectivity index (χ1v) is 18.6. The van der Waals surface area contributed by atoms with Gasteiger partial charge in [-0.15, -0.1) is 0 Å². The first kappa shape index (κ1) is 32.0. The summed E-state index contributed by atoms with van der Waals surface area (Å²) in [5, 5.41) is 2.46. The monoisotopic (exact) mass is 685 g/mol. The SMILES string of the molecule is CC1(C)OB(c2cccc(-c3ccc4c(c3)c3ccccc3n4-c3ccc4c(c3)-c3ccccc3C4(c3ccccc3)c3ccccc3)c2)OC1(C)C. The lowest BCUT2D eigenvalue weighted by atomic mass is 9.68. The highest BCUT2D eigenvalue weighted by atomic mass is 16.7. The van der Waals surface area contributed by atoms with E-state index < -0.39 is 23.7 Å². The quantitative estimate of drug-likeness (QED) is 0.168. The van der Waals surface area contributed by atoms with Crippen LogP contribution >= 0.6 is 0 Å². The average Bonchev–Trinajstić information content (AvgIpc) is 3.76. The molecule has 1 aromatic heterocycles. The summed E-state index contributed by atoms with van der Waals surface area (Å²) in [4.78, 5) is 0. The molecule has 8 aromatic rings. The van der Waals surface area contributed by atoms with Crippen molar-refractivity contribution < 1.29 is 9.31 Å². The normalized spacial score (nSPS) is 16.6. The number of hydrogen-bond acceptors (Lipinski definition) is 2. The van der Waals surface area contributed by atoms with E-state index >= 15 is 0 Å². The maximum atomic E-state index is 6.41. The Morgan fingerprint density at radius 1 is 0.453 bits per heavy atom. The Balaban J connectivity index is 1.13. The van der Waals surface area contributed by atoms with Gasteiger partial charge in [0.1, 0.15) is 0 Å². The van der Waals surface area contributed by atoms with Gasteiger partial charge in [-0.2, -0.15) is 0 Å². The van der Waals surface area contributed by atoms with E-state index in [0.717, 1.165) is 22.3 Å². The van der Waals surface area contributed by atoms with Crippen molar-refractivity contribution in [3.63, 3.8) is 0 Å². The van der Waals surface area contributed by atoms with Gasteiger partial charge >= 0.3 is 7.12 Å². The van der Waals surface area contributed by atoms with Crippen LogP contribution in [0.1, 0.15) is 49.9 Å². The third-order valence-corrected chi connectivity index (χ3v) is 12.1. The second-order valence-electron chi connectivity index (χ2n) is 15.6. The first-order chi connectivity index (χ1) is 25.8. The topological polar surface area (TPSA) is 23.4 Å². The zero-order chi connectivity index (χ0) is 36.0. The van der Waals surface area contributed by atoms with Crippen LogP contribution in [0.3, 0.4) is 0 Å². The van der Waals surface area contributed by atoms with E-state index in [-0.39, 0.29) is 0 Å². The average molecular weight is 686 g/mol. The highest BCUT2D eigenvalue weighted by molar-refractivity contribution is 6.62. The number of hydrogen-bond donors (Lipinski definition) is 0. The molecule has 1 fully saturated rings. The number of para-hydroxylation sites is 1. The van der Waals surface area contributed by atoms with Crippen LogP contribution in [0.5, 0.6) is 0 Å². The lowest BCUT2D eigenvalue weighted by Crippen LogP contribution is -2.41. The number of nitrogens with zero attached hydrogens (tertiary/aromatic N) is 1. The molecule has 0 N–H and O–H groups in total. The molecule has 2 heterocycles. The Kier molecular flexibility index (Phi) is 7.05. The molecular formula is C49H40BNO2. The molecule has 1 aliphatic carbocycles. The summed E-state index contributed by atoms with van der Waals surface area (Å²) in [6, 6.07) is 62.3. The fraction of sp³-hybridized carbons (Fsp3) is 0.143. The van der Waals surface area contributed by atoms with Crippen LogP contribution in [0, 0.1) is 0 Å². The molecule has 10 rings (SSSR count). The molecule has 1 aliphatic heterocycles. The van der Waals surface area contributed by atoms with Crippen LogP contribution in [0.25, 0.3) is 49.7 Å². The Morgan fingerprint density at radius 3 is 1.79 bits per heavy atom. The van der Waals surface area contributed by atoms with Gasteiger partial charge in [0.2, 0.25) is 0 Å². The predicted octanol–water partition coefficient (Wildman–Crippen LogP) is 11.1. The second-order valence-corrected chi connectivity index (χ2v) is 15.6. The lowest BCUT2D eigenvalue weighted by molar-refractivity contribution is 0.00578. The molecule has 2 aliphatic rings. The highest BCUT2D eigenvalue weighted by Gasteiger charge is 2.52. The Hall–Kier alpha value is -5.68. The van der Waals surface area contributed by atoms with Gasteiger partial charge in [0.25, 0.3) is 0 Å². The van der Waals surface area contributed by atoms with E-state index in [1.165, 1.54) is 55.2 Å². The fourth-order valence-electron chi connectivity index (χ4n) is 8.85. The minimum Gasteiger partial charge on any atom is -0.399 e. The molecule has 3 nitrogen and oxygen atoms in total. The molecule has 0 amide bonds. The van der Waals surface area contributed by atoms with Crippen LogP contribution in [0.2, 0.25) is 0 Å². The number of benzene rings is 7. The van der Waals surface area contributed by atoms with Crippen LogP contribution in [0.4, 0.5) is 0 Å². The number of aromatic nitrogens is 1. The van der Waals surface area contributed by atoms with Gasteiger partial charge < -0.3 is 13.9 Å². The van der Waals surface area contributed by atoms with Gasteiger partial charge in [0.15, 0.2) is 0 Å². The van der Waals surface area contributed by atoms with Crippen molar-refractivity contribution in [2.24, 2.45) is 0 Å². The van der Waals surface area contributed by atoms with Crippen molar-refractivity contribution in [1.82, 2.24) is 4.57 Å². The van der Waals surface area contributed by atoms with Crippen LogP contribution in [0.15, 0.2) is 170 Å². The third kappa shape index (κ3) is 4.69. The molecule has 1 saturated heterocycles. The summed E-state index contributed by atoms with van der Waals surface area (Å²) < 4.78 is 15.3. The Morgan fingerprint density at radius 2 is 1.06 bits per heavy atom. The van der Waals surface area contributed by atoms with E-state index in [9.17, 15) is 0 Å². The van der Waals surface area contributed by atoms with E-state index in [0.29, 0.717) is 0 Å². The fourth-order valence-corrected chi connectivity index (χ4v) is 8.85. The standard InChI is InChI=1S/C49H40BNO2/c1-47(2)48(3,4)53-50(52-47)37-21-15-16-33(30-37)34-26-29-46-42(31-34)40-23-12-14-25-45(40)51(46)38-27-28-44-41(32-38)39-22-11-13-24-43(39)49(44,35-17-7-5-8-18-35)36-19-9-6-10-20-36/h5-32H,1-4H3. The van der Waals surface area contributed by atoms with E-state index in [1.54, 1.807) is 0 Å². The summed E-state index contributed by atoms with van der Waals surface area (Å²) in [5.74, 6) is 0. The molecule has 0 atom stereocenters. The molecule has 0 unspecified atom stereocenters. The predicted molar refractivity (Wildman–Crippen MR) is 219 cm³/mol. The van der Waals surface area contributed by atoms with E-state index in [2.05, 4.69) is 202 Å². The van der Waals surface area contributed by atoms with Crippen molar-refractivity contribution in [2.45, 2.75) is 44.3 Å². The minimum atomic E-state index is -0.419. The smallest absolute Gasteiger partial charge is 0.399 e. The molecule has 0 radical (unpaired) electrons. The molecule has 0 spiro atoms. The molecule has 4 heteroatoms. The van der Waals surface area contributed by atoms with E-state index in [4.69, 9.17) is 9.31 Å².